The van der Waals surface area contributed by atoms with Crippen LogP contribution in [0.4, 0.5) is 14.9 Å². The van der Waals surface area contributed by atoms with Gasteiger partial charge in [0.05, 0.1) is 5.69 Å². The molecule has 25 heavy (non-hydrogen) atoms. The molecular weight excluding hydrogens is 321 g/mol. The van der Waals surface area contributed by atoms with Crippen molar-refractivity contribution in [3.05, 3.63) is 72.0 Å². The van der Waals surface area contributed by atoms with E-state index in [1.807, 2.05) is 25.2 Å². The van der Waals surface area contributed by atoms with Crippen LogP contribution in [0.25, 0.3) is 0 Å². The number of carbonyl (C=O) groups is 1. The molecule has 0 unspecified atom stereocenters. The molecule has 0 radical (unpaired) electrons. The number of hydrogen-bond donors (Lipinski definition) is 2. The third-order valence-electron chi connectivity index (χ3n) is 3.55. The first-order valence-electron chi connectivity index (χ1n) is 7.95. The number of anilines is 1. The second-order valence-corrected chi connectivity index (χ2v) is 5.59. The van der Waals surface area contributed by atoms with Gasteiger partial charge in [-0.25, -0.2) is 9.18 Å². The Bertz CT molecular complexity index is 846. The average molecular weight is 339 g/mol. The minimum Gasteiger partial charge on any atom is -0.457 e. The van der Waals surface area contributed by atoms with Crippen molar-refractivity contribution >= 4 is 11.7 Å². The summed E-state index contributed by atoms with van der Waals surface area (Å²) in [4.78, 5) is 16.0. The van der Waals surface area contributed by atoms with Crippen molar-refractivity contribution in [2.45, 2.75) is 19.8 Å². The highest BCUT2D eigenvalue weighted by Crippen LogP contribution is 2.25. The zero-order chi connectivity index (χ0) is 17.6. The fraction of sp³-hybridized carbons (Fsp3) is 0.158. The lowest BCUT2D eigenvalue weighted by atomic mass is 10.1. The Labute approximate surface area is 145 Å². The number of rotatable bonds is 4. The molecular formula is C19H18FN3O2. The summed E-state index contributed by atoms with van der Waals surface area (Å²) < 4.78 is 19.8. The number of hydrogen-bond acceptors (Lipinski definition) is 3. The van der Waals surface area contributed by atoms with Gasteiger partial charge >= 0.3 is 6.03 Å². The lowest BCUT2D eigenvalue weighted by molar-refractivity contribution is 0.254. The SMILES string of the molecule is Cc1cc(Oc2ccc(NC(=O)NC3=CCCC=C3)c(F)c2)ccn1. The van der Waals surface area contributed by atoms with Gasteiger partial charge in [0.1, 0.15) is 17.3 Å². The normalized spacial score (nSPS) is 13.1. The zero-order valence-corrected chi connectivity index (χ0v) is 13.8. The van der Waals surface area contributed by atoms with E-state index in [-0.39, 0.29) is 5.69 Å². The number of benzene rings is 1. The van der Waals surface area contributed by atoms with E-state index in [2.05, 4.69) is 15.6 Å². The second kappa shape index (κ2) is 7.61. The van der Waals surface area contributed by atoms with Gasteiger partial charge in [-0.2, -0.15) is 0 Å². The monoisotopic (exact) mass is 339 g/mol. The van der Waals surface area contributed by atoms with Crippen molar-refractivity contribution in [3.63, 3.8) is 0 Å². The molecule has 6 heteroatoms. The van der Waals surface area contributed by atoms with Crippen LogP contribution in [-0.4, -0.2) is 11.0 Å². The second-order valence-electron chi connectivity index (χ2n) is 5.59. The minimum absolute atomic E-state index is 0.0798. The molecule has 1 aliphatic carbocycles. The molecule has 1 aromatic heterocycles. The Morgan fingerprint density at radius 3 is 2.72 bits per heavy atom. The number of nitrogens with one attached hydrogen (secondary N) is 2. The van der Waals surface area contributed by atoms with Gasteiger partial charge in [-0.1, -0.05) is 12.2 Å². The number of ether oxygens (including phenoxy) is 1. The summed E-state index contributed by atoms with van der Waals surface area (Å²) in [5.74, 6) is 0.333. The molecule has 2 amide bonds. The van der Waals surface area contributed by atoms with E-state index in [0.29, 0.717) is 17.2 Å². The van der Waals surface area contributed by atoms with Gasteiger partial charge in [-0.15, -0.1) is 0 Å². The zero-order valence-electron chi connectivity index (χ0n) is 13.8. The number of nitrogens with zero attached hydrogens (tertiary/aromatic N) is 1. The molecule has 0 aliphatic heterocycles. The molecule has 0 saturated heterocycles. The summed E-state index contributed by atoms with van der Waals surface area (Å²) in [5, 5.41) is 5.17. The molecule has 0 spiro atoms. The summed E-state index contributed by atoms with van der Waals surface area (Å²) in [7, 11) is 0. The minimum atomic E-state index is -0.577. The number of allylic oxidation sites excluding steroid dienone is 3. The first kappa shape index (κ1) is 16.7. The van der Waals surface area contributed by atoms with Crippen LogP contribution in [-0.2, 0) is 0 Å². The van der Waals surface area contributed by atoms with E-state index in [4.69, 9.17) is 4.74 Å². The maximum atomic E-state index is 14.2. The predicted molar refractivity (Wildman–Crippen MR) is 94.1 cm³/mol. The number of aromatic nitrogens is 1. The lowest BCUT2D eigenvalue weighted by Gasteiger charge is -2.12. The van der Waals surface area contributed by atoms with E-state index in [1.165, 1.54) is 12.1 Å². The fourth-order valence-corrected chi connectivity index (χ4v) is 2.37. The molecule has 1 aromatic carbocycles. The van der Waals surface area contributed by atoms with Gasteiger partial charge < -0.3 is 15.4 Å². The number of pyridine rings is 1. The largest absolute Gasteiger partial charge is 0.457 e. The van der Waals surface area contributed by atoms with Crippen LogP contribution in [0, 0.1) is 12.7 Å². The highest BCUT2D eigenvalue weighted by molar-refractivity contribution is 5.90. The molecule has 5 nitrogen and oxygen atoms in total. The standard InChI is InChI=1S/C19H18FN3O2/c1-13-11-16(9-10-21-13)25-15-7-8-18(17(20)12-15)23-19(24)22-14-5-3-2-4-6-14/h3,5-12H,2,4H2,1H3,(H2,22,23,24). The fourth-order valence-electron chi connectivity index (χ4n) is 2.37. The van der Waals surface area contributed by atoms with Crippen molar-refractivity contribution in [1.29, 1.82) is 0 Å². The molecule has 2 N–H and O–H groups in total. The van der Waals surface area contributed by atoms with Crippen LogP contribution in [0.2, 0.25) is 0 Å². The van der Waals surface area contributed by atoms with Gasteiger partial charge in [0.2, 0.25) is 0 Å². The maximum Gasteiger partial charge on any atom is 0.323 e. The molecule has 0 saturated carbocycles. The van der Waals surface area contributed by atoms with E-state index < -0.39 is 11.8 Å². The number of urea groups is 1. The summed E-state index contributed by atoms with van der Waals surface area (Å²) in [6.07, 6.45) is 9.18. The molecule has 0 atom stereocenters. The predicted octanol–water partition coefficient (Wildman–Crippen LogP) is 4.68. The average Bonchev–Trinajstić information content (AvgIpc) is 2.58. The van der Waals surface area contributed by atoms with Gasteiger partial charge in [0, 0.05) is 29.7 Å². The smallest absolute Gasteiger partial charge is 0.323 e. The number of aryl methyl sites for hydroxylation is 1. The molecule has 3 rings (SSSR count). The number of halogens is 1. The number of carbonyl (C=O) groups excluding carboxylic acids is 1. The third kappa shape index (κ3) is 4.67. The summed E-state index contributed by atoms with van der Waals surface area (Å²) >= 11 is 0. The van der Waals surface area contributed by atoms with Gasteiger partial charge in [0.15, 0.2) is 0 Å². The van der Waals surface area contributed by atoms with Crippen molar-refractivity contribution in [3.8, 4) is 11.5 Å². The summed E-state index contributed by atoms with van der Waals surface area (Å²) in [6, 6.07) is 7.23. The highest BCUT2D eigenvalue weighted by Gasteiger charge is 2.10. The Balaban J connectivity index is 1.64. The topological polar surface area (TPSA) is 63.2 Å². The van der Waals surface area contributed by atoms with E-state index in [9.17, 15) is 9.18 Å². The van der Waals surface area contributed by atoms with E-state index >= 15 is 0 Å². The molecule has 0 fully saturated rings. The highest BCUT2D eigenvalue weighted by atomic mass is 19.1. The van der Waals surface area contributed by atoms with Crippen LogP contribution in [0.5, 0.6) is 11.5 Å². The molecule has 128 valence electrons. The first-order valence-corrected chi connectivity index (χ1v) is 7.95. The molecule has 0 bridgehead atoms. The van der Waals surface area contributed by atoms with Crippen LogP contribution >= 0.6 is 0 Å². The Morgan fingerprint density at radius 1 is 1.16 bits per heavy atom. The van der Waals surface area contributed by atoms with Crippen LogP contribution < -0.4 is 15.4 Å². The lowest BCUT2D eigenvalue weighted by Crippen LogP contribution is -2.28. The summed E-state index contributed by atoms with van der Waals surface area (Å²) in [5.41, 5.74) is 1.59. The van der Waals surface area contributed by atoms with Gasteiger partial charge in [-0.3, -0.25) is 4.98 Å². The van der Waals surface area contributed by atoms with Crippen molar-refractivity contribution in [2.75, 3.05) is 5.32 Å². The summed E-state index contributed by atoms with van der Waals surface area (Å²) in [6.45, 7) is 1.84. The molecule has 1 aliphatic rings. The Kier molecular flexibility index (Phi) is 5.09. The molecule has 2 aromatic rings. The van der Waals surface area contributed by atoms with E-state index in [0.717, 1.165) is 18.5 Å². The van der Waals surface area contributed by atoms with Crippen LogP contribution in [0.1, 0.15) is 18.5 Å². The van der Waals surface area contributed by atoms with Crippen LogP contribution in [0.3, 0.4) is 0 Å². The quantitative estimate of drug-likeness (QED) is 0.850. The van der Waals surface area contributed by atoms with E-state index in [1.54, 1.807) is 24.4 Å². The van der Waals surface area contributed by atoms with Gasteiger partial charge in [0.25, 0.3) is 0 Å². The van der Waals surface area contributed by atoms with Crippen molar-refractivity contribution < 1.29 is 13.9 Å². The third-order valence-corrected chi connectivity index (χ3v) is 3.55. The Hall–Kier alpha value is -3.15. The van der Waals surface area contributed by atoms with Crippen LogP contribution in [0.15, 0.2) is 60.5 Å². The van der Waals surface area contributed by atoms with Gasteiger partial charge in [-0.05, 0) is 44.0 Å². The molecule has 1 heterocycles. The number of amides is 2. The maximum absolute atomic E-state index is 14.2. The Morgan fingerprint density at radius 2 is 2.00 bits per heavy atom. The van der Waals surface area contributed by atoms with Crippen molar-refractivity contribution in [1.82, 2.24) is 10.3 Å². The first-order chi connectivity index (χ1) is 12.1. The van der Waals surface area contributed by atoms with Crippen molar-refractivity contribution in [2.24, 2.45) is 0 Å².